The number of ether oxygens (including phenoxy) is 1. The molecule has 0 aliphatic carbocycles. The first-order chi connectivity index (χ1) is 19.5. The SMILES string of the molecule is CC1Oc2cc(N3CCCC3=O)ccc2-c2cnc(Nc3cncc(NC(=O)c4cc5ccccn5n4)c3)cc21. The first kappa shape index (κ1) is 23.8. The van der Waals surface area contributed by atoms with Crippen LogP contribution in [-0.4, -0.2) is 37.9 Å². The Morgan fingerprint density at radius 2 is 1.93 bits per heavy atom. The van der Waals surface area contributed by atoms with E-state index in [0.29, 0.717) is 29.3 Å². The van der Waals surface area contributed by atoms with Gasteiger partial charge in [0.25, 0.3) is 5.91 Å². The zero-order chi connectivity index (χ0) is 27.2. The third kappa shape index (κ3) is 4.29. The van der Waals surface area contributed by atoms with Gasteiger partial charge in [-0.3, -0.25) is 14.6 Å². The summed E-state index contributed by atoms with van der Waals surface area (Å²) in [5, 5.41) is 10.5. The number of carbonyl (C=O) groups is 2. The molecule has 7 rings (SSSR count). The van der Waals surface area contributed by atoms with E-state index in [1.165, 1.54) is 0 Å². The highest BCUT2D eigenvalue weighted by Crippen LogP contribution is 2.44. The van der Waals surface area contributed by atoms with Crippen LogP contribution in [0.15, 0.2) is 79.4 Å². The van der Waals surface area contributed by atoms with Crippen LogP contribution in [0.1, 0.15) is 41.9 Å². The lowest BCUT2D eigenvalue weighted by Gasteiger charge is -2.28. The zero-order valence-corrected chi connectivity index (χ0v) is 21.7. The summed E-state index contributed by atoms with van der Waals surface area (Å²) < 4.78 is 7.92. The van der Waals surface area contributed by atoms with E-state index in [9.17, 15) is 9.59 Å². The number of aromatic nitrogens is 4. The summed E-state index contributed by atoms with van der Waals surface area (Å²) in [4.78, 5) is 35.7. The molecule has 5 aromatic rings. The maximum Gasteiger partial charge on any atom is 0.276 e. The molecule has 0 radical (unpaired) electrons. The molecular formula is C30H25N7O3. The molecule has 1 aromatic carbocycles. The smallest absolute Gasteiger partial charge is 0.276 e. The molecule has 198 valence electrons. The van der Waals surface area contributed by atoms with Gasteiger partial charge in [-0.05, 0) is 55.8 Å². The lowest BCUT2D eigenvalue weighted by atomic mass is 9.94. The Labute approximate surface area is 229 Å². The molecule has 1 atom stereocenters. The number of hydrogen-bond donors (Lipinski definition) is 2. The lowest BCUT2D eigenvalue weighted by molar-refractivity contribution is -0.117. The van der Waals surface area contributed by atoms with Gasteiger partial charge in [-0.15, -0.1) is 0 Å². The van der Waals surface area contributed by atoms with Crippen molar-refractivity contribution in [1.29, 1.82) is 0 Å². The van der Waals surface area contributed by atoms with Gasteiger partial charge in [-0.2, -0.15) is 5.10 Å². The zero-order valence-electron chi connectivity index (χ0n) is 21.7. The molecule has 1 saturated heterocycles. The van der Waals surface area contributed by atoms with Crippen LogP contribution in [0.4, 0.5) is 22.9 Å². The maximum atomic E-state index is 12.8. The van der Waals surface area contributed by atoms with Crippen LogP contribution in [0.2, 0.25) is 0 Å². The normalized spacial score (nSPS) is 15.9. The number of anilines is 4. The highest BCUT2D eigenvalue weighted by atomic mass is 16.5. The fourth-order valence-electron chi connectivity index (χ4n) is 5.24. The summed E-state index contributed by atoms with van der Waals surface area (Å²) in [6.07, 6.45) is 8.13. The number of nitrogens with one attached hydrogen (secondary N) is 2. The molecule has 4 aromatic heterocycles. The van der Waals surface area contributed by atoms with Crippen LogP contribution < -0.4 is 20.3 Å². The fourth-order valence-corrected chi connectivity index (χ4v) is 5.24. The summed E-state index contributed by atoms with van der Waals surface area (Å²) >= 11 is 0. The molecule has 2 N–H and O–H groups in total. The number of nitrogens with zero attached hydrogens (tertiary/aromatic N) is 5. The first-order valence-electron chi connectivity index (χ1n) is 13.1. The molecule has 2 amide bonds. The standard InChI is InChI=1S/C30H25N7O3/c1-18-24-14-28(32-17-25(24)23-8-7-21(13-27(23)40-18)36-9-4-6-29(36)38)33-19-11-20(16-31-15-19)34-30(39)26-12-22-5-2-3-10-37(22)35-26/h2-3,5,7-8,10-18H,4,6,9H2,1H3,(H,32,33)(H,34,39). The van der Waals surface area contributed by atoms with Gasteiger partial charge in [0.1, 0.15) is 17.7 Å². The number of benzene rings is 1. The average molecular weight is 532 g/mol. The van der Waals surface area contributed by atoms with E-state index in [4.69, 9.17) is 4.74 Å². The highest BCUT2D eigenvalue weighted by molar-refractivity contribution is 6.03. The number of pyridine rings is 3. The van der Waals surface area contributed by atoms with E-state index in [-0.39, 0.29) is 17.9 Å². The predicted molar refractivity (Wildman–Crippen MR) is 151 cm³/mol. The van der Waals surface area contributed by atoms with Gasteiger partial charge in [-0.1, -0.05) is 6.07 Å². The minimum atomic E-state index is -0.323. The predicted octanol–water partition coefficient (Wildman–Crippen LogP) is 5.37. The summed E-state index contributed by atoms with van der Waals surface area (Å²) in [6, 6.07) is 17.0. The van der Waals surface area contributed by atoms with Crippen LogP contribution in [0.3, 0.4) is 0 Å². The molecule has 10 heteroatoms. The largest absolute Gasteiger partial charge is 0.485 e. The second-order valence-corrected chi connectivity index (χ2v) is 9.89. The van der Waals surface area contributed by atoms with Crippen molar-refractivity contribution in [2.24, 2.45) is 0 Å². The molecule has 1 unspecified atom stereocenters. The van der Waals surface area contributed by atoms with Crippen molar-refractivity contribution in [2.75, 3.05) is 22.1 Å². The Hall–Kier alpha value is -5.25. The van der Waals surface area contributed by atoms with E-state index in [1.54, 1.807) is 35.2 Å². The quantitative estimate of drug-likeness (QED) is 0.314. The fraction of sp³-hybridized carbons (Fsp3) is 0.167. The number of hydrogen-bond acceptors (Lipinski definition) is 7. The summed E-state index contributed by atoms with van der Waals surface area (Å²) in [6.45, 7) is 2.73. The molecule has 10 nitrogen and oxygen atoms in total. The monoisotopic (exact) mass is 531 g/mol. The Kier molecular flexibility index (Phi) is 5.66. The van der Waals surface area contributed by atoms with Crippen LogP contribution in [-0.2, 0) is 4.79 Å². The van der Waals surface area contributed by atoms with Crippen molar-refractivity contribution in [3.05, 3.63) is 90.6 Å². The van der Waals surface area contributed by atoms with Crippen molar-refractivity contribution in [3.8, 4) is 16.9 Å². The summed E-state index contributed by atoms with van der Waals surface area (Å²) in [5.74, 6) is 1.20. The van der Waals surface area contributed by atoms with Crippen molar-refractivity contribution in [1.82, 2.24) is 19.6 Å². The van der Waals surface area contributed by atoms with E-state index in [0.717, 1.165) is 46.6 Å². The number of carbonyl (C=O) groups excluding carboxylic acids is 2. The molecule has 0 saturated carbocycles. The van der Waals surface area contributed by atoms with Crippen LogP contribution in [0, 0.1) is 0 Å². The van der Waals surface area contributed by atoms with Gasteiger partial charge in [0.2, 0.25) is 5.91 Å². The van der Waals surface area contributed by atoms with Crippen LogP contribution in [0.5, 0.6) is 5.75 Å². The van der Waals surface area contributed by atoms with E-state index < -0.39 is 0 Å². The third-order valence-corrected chi connectivity index (χ3v) is 7.19. The Morgan fingerprint density at radius 3 is 2.77 bits per heavy atom. The van der Waals surface area contributed by atoms with E-state index in [1.807, 2.05) is 60.5 Å². The minimum Gasteiger partial charge on any atom is -0.485 e. The lowest BCUT2D eigenvalue weighted by Crippen LogP contribution is -2.24. The molecule has 1 fully saturated rings. The van der Waals surface area contributed by atoms with Crippen molar-refractivity contribution >= 4 is 40.2 Å². The molecule has 6 heterocycles. The van der Waals surface area contributed by atoms with Crippen LogP contribution >= 0.6 is 0 Å². The third-order valence-electron chi connectivity index (χ3n) is 7.19. The summed E-state index contributed by atoms with van der Waals surface area (Å²) in [7, 11) is 0. The Bertz CT molecular complexity index is 1760. The highest BCUT2D eigenvalue weighted by Gasteiger charge is 2.27. The van der Waals surface area contributed by atoms with Crippen LogP contribution in [0.25, 0.3) is 16.6 Å². The van der Waals surface area contributed by atoms with E-state index in [2.05, 4.69) is 25.7 Å². The topological polar surface area (TPSA) is 114 Å². The second kappa shape index (κ2) is 9.49. The number of rotatable bonds is 5. The van der Waals surface area contributed by atoms with Gasteiger partial charge in [0.15, 0.2) is 5.69 Å². The Balaban J connectivity index is 1.10. The van der Waals surface area contributed by atoms with Gasteiger partial charge in [0.05, 0.1) is 29.3 Å². The van der Waals surface area contributed by atoms with Crippen molar-refractivity contribution in [3.63, 3.8) is 0 Å². The maximum absolute atomic E-state index is 12.8. The molecule has 40 heavy (non-hydrogen) atoms. The van der Waals surface area contributed by atoms with Gasteiger partial charge < -0.3 is 20.3 Å². The van der Waals surface area contributed by atoms with Gasteiger partial charge >= 0.3 is 0 Å². The summed E-state index contributed by atoms with van der Waals surface area (Å²) in [5.41, 5.74) is 6.15. The van der Waals surface area contributed by atoms with Crippen molar-refractivity contribution < 1.29 is 14.3 Å². The van der Waals surface area contributed by atoms with Gasteiger partial charge in [-0.25, -0.2) is 9.50 Å². The number of amides is 2. The molecule has 2 aliphatic rings. The average Bonchev–Trinajstić information content (AvgIpc) is 3.59. The van der Waals surface area contributed by atoms with Crippen molar-refractivity contribution in [2.45, 2.75) is 25.9 Å². The van der Waals surface area contributed by atoms with Gasteiger partial charge in [0, 0.05) is 53.8 Å². The molecule has 0 bridgehead atoms. The Morgan fingerprint density at radius 1 is 1.02 bits per heavy atom. The molecule has 0 spiro atoms. The minimum absolute atomic E-state index is 0.148. The van der Waals surface area contributed by atoms with E-state index >= 15 is 0 Å². The molecule has 2 aliphatic heterocycles. The first-order valence-corrected chi connectivity index (χ1v) is 13.1. The second-order valence-electron chi connectivity index (χ2n) is 9.89. The molecular weight excluding hydrogens is 506 g/mol. The number of fused-ring (bicyclic) bond motifs is 4.